The molecule has 0 aliphatic heterocycles. The predicted molar refractivity (Wildman–Crippen MR) is 78.4 cm³/mol. The average Bonchev–Trinajstić information content (AvgIpc) is 2.45. The zero-order valence-corrected chi connectivity index (χ0v) is 12.5. The second-order valence-corrected chi connectivity index (χ2v) is 6.70. The molecule has 0 bridgehead atoms. The van der Waals surface area contributed by atoms with Gasteiger partial charge in [-0.3, -0.25) is 4.98 Å². The van der Waals surface area contributed by atoms with Gasteiger partial charge in [-0.25, -0.2) is 12.8 Å². The van der Waals surface area contributed by atoms with Gasteiger partial charge < -0.3 is 5.73 Å². The molecule has 1 aromatic carbocycles. The van der Waals surface area contributed by atoms with Crippen molar-refractivity contribution >= 4 is 15.7 Å². The van der Waals surface area contributed by atoms with Gasteiger partial charge in [-0.2, -0.15) is 4.31 Å². The largest absolute Gasteiger partial charge is 0.399 e. The van der Waals surface area contributed by atoms with Gasteiger partial charge in [0.15, 0.2) is 0 Å². The maximum atomic E-state index is 13.4. The molecular formula is C14H16FN3O2S. The molecule has 0 aliphatic rings. The Morgan fingerprint density at radius 1 is 1.24 bits per heavy atom. The molecule has 0 amide bonds. The quantitative estimate of drug-likeness (QED) is 0.878. The van der Waals surface area contributed by atoms with E-state index in [2.05, 4.69) is 4.98 Å². The fourth-order valence-corrected chi connectivity index (χ4v) is 3.38. The van der Waals surface area contributed by atoms with Crippen LogP contribution in [-0.4, -0.2) is 24.8 Å². The van der Waals surface area contributed by atoms with E-state index in [1.54, 1.807) is 31.5 Å². The van der Waals surface area contributed by atoms with E-state index >= 15 is 0 Å². The summed E-state index contributed by atoms with van der Waals surface area (Å²) >= 11 is 0. The number of nitrogen functional groups attached to an aromatic ring is 1. The SMILES string of the molecule is CC(c1ccncc1)N(C)S(=O)(=O)c1cc(N)cc(F)c1. The normalized spacial score (nSPS) is 13.3. The van der Waals surface area contributed by atoms with Gasteiger partial charge in [0.1, 0.15) is 5.82 Å². The van der Waals surface area contributed by atoms with Crippen molar-refractivity contribution in [2.45, 2.75) is 17.9 Å². The van der Waals surface area contributed by atoms with Crippen LogP contribution in [0.1, 0.15) is 18.5 Å². The van der Waals surface area contributed by atoms with Crippen LogP contribution in [0.25, 0.3) is 0 Å². The first-order chi connectivity index (χ1) is 9.82. The smallest absolute Gasteiger partial charge is 0.243 e. The van der Waals surface area contributed by atoms with Crippen LogP contribution in [0, 0.1) is 5.82 Å². The highest BCUT2D eigenvalue weighted by molar-refractivity contribution is 7.89. The molecule has 5 nitrogen and oxygen atoms in total. The highest BCUT2D eigenvalue weighted by Gasteiger charge is 2.27. The van der Waals surface area contributed by atoms with Gasteiger partial charge in [0, 0.05) is 31.2 Å². The number of aromatic nitrogens is 1. The third-order valence-electron chi connectivity index (χ3n) is 3.30. The van der Waals surface area contributed by atoms with E-state index < -0.39 is 21.9 Å². The molecule has 0 aliphatic carbocycles. The lowest BCUT2D eigenvalue weighted by molar-refractivity contribution is 0.398. The number of nitrogens with two attached hydrogens (primary N) is 1. The third-order valence-corrected chi connectivity index (χ3v) is 5.21. The fraction of sp³-hybridized carbons (Fsp3) is 0.214. The number of pyridine rings is 1. The number of nitrogens with zero attached hydrogens (tertiary/aromatic N) is 2. The Morgan fingerprint density at radius 3 is 2.43 bits per heavy atom. The zero-order chi connectivity index (χ0) is 15.6. The highest BCUT2D eigenvalue weighted by atomic mass is 32.2. The van der Waals surface area contributed by atoms with E-state index in [0.717, 1.165) is 17.7 Å². The molecule has 112 valence electrons. The van der Waals surface area contributed by atoms with Crippen LogP contribution < -0.4 is 5.73 Å². The van der Waals surface area contributed by atoms with Gasteiger partial charge in [0.2, 0.25) is 10.0 Å². The summed E-state index contributed by atoms with van der Waals surface area (Å²) in [5.74, 6) is -0.682. The Hall–Kier alpha value is -1.99. The lowest BCUT2D eigenvalue weighted by atomic mass is 10.1. The first-order valence-electron chi connectivity index (χ1n) is 6.26. The summed E-state index contributed by atoms with van der Waals surface area (Å²) in [5.41, 5.74) is 6.37. The Labute approximate surface area is 123 Å². The van der Waals surface area contributed by atoms with Crippen LogP contribution in [0.2, 0.25) is 0 Å². The van der Waals surface area contributed by atoms with Crippen molar-refractivity contribution in [3.63, 3.8) is 0 Å². The summed E-state index contributed by atoms with van der Waals surface area (Å²) in [7, 11) is -2.39. The van der Waals surface area contributed by atoms with Gasteiger partial charge in [0.05, 0.1) is 4.90 Å². The lowest BCUT2D eigenvalue weighted by Gasteiger charge is -2.24. The van der Waals surface area contributed by atoms with Gasteiger partial charge in [-0.05, 0) is 42.8 Å². The maximum absolute atomic E-state index is 13.4. The summed E-state index contributed by atoms with van der Waals surface area (Å²) in [5, 5.41) is 0. The van der Waals surface area contributed by atoms with Crippen LogP contribution >= 0.6 is 0 Å². The molecule has 2 rings (SSSR count). The number of hydrogen-bond acceptors (Lipinski definition) is 4. The number of anilines is 1. The van der Waals surface area contributed by atoms with Crippen molar-refractivity contribution in [3.05, 3.63) is 54.1 Å². The molecule has 0 saturated heterocycles. The molecule has 0 radical (unpaired) electrons. The standard InChI is InChI=1S/C14H16FN3O2S/c1-10(11-3-5-17-6-4-11)18(2)21(19,20)14-8-12(15)7-13(16)9-14/h3-10H,16H2,1-2H3. The van der Waals surface area contributed by atoms with Crippen LogP contribution in [0.15, 0.2) is 47.6 Å². The molecule has 2 N–H and O–H groups in total. The number of rotatable bonds is 4. The van der Waals surface area contributed by atoms with Crippen molar-refractivity contribution in [2.75, 3.05) is 12.8 Å². The van der Waals surface area contributed by atoms with E-state index in [9.17, 15) is 12.8 Å². The summed E-state index contributed by atoms with van der Waals surface area (Å²) in [6.45, 7) is 1.75. The van der Waals surface area contributed by atoms with Crippen LogP contribution in [0.3, 0.4) is 0 Å². The van der Waals surface area contributed by atoms with Crippen LogP contribution in [-0.2, 0) is 10.0 Å². The average molecular weight is 309 g/mol. The molecule has 0 spiro atoms. The van der Waals surface area contributed by atoms with Crippen molar-refractivity contribution < 1.29 is 12.8 Å². The molecule has 1 aromatic heterocycles. The fourth-order valence-electron chi connectivity index (χ4n) is 1.96. The first-order valence-corrected chi connectivity index (χ1v) is 7.70. The molecule has 0 saturated carbocycles. The lowest BCUT2D eigenvalue weighted by Crippen LogP contribution is -2.30. The Balaban J connectivity index is 2.39. The number of sulfonamides is 1. The molecule has 2 aromatic rings. The maximum Gasteiger partial charge on any atom is 0.243 e. The van der Waals surface area contributed by atoms with Crippen molar-refractivity contribution in [2.24, 2.45) is 0 Å². The molecular weight excluding hydrogens is 293 g/mol. The van der Waals surface area contributed by atoms with E-state index in [-0.39, 0.29) is 10.6 Å². The molecule has 1 unspecified atom stereocenters. The first kappa shape index (κ1) is 15.4. The second-order valence-electron chi connectivity index (χ2n) is 4.70. The highest BCUT2D eigenvalue weighted by Crippen LogP contribution is 2.26. The number of hydrogen-bond donors (Lipinski definition) is 1. The summed E-state index contributed by atoms with van der Waals surface area (Å²) < 4.78 is 39.6. The molecule has 1 atom stereocenters. The van der Waals surface area contributed by atoms with Gasteiger partial charge in [-0.15, -0.1) is 0 Å². The third kappa shape index (κ3) is 3.20. The molecule has 7 heteroatoms. The van der Waals surface area contributed by atoms with Crippen LogP contribution in [0.4, 0.5) is 10.1 Å². The van der Waals surface area contributed by atoms with E-state index in [1.165, 1.54) is 17.4 Å². The van der Waals surface area contributed by atoms with Crippen molar-refractivity contribution in [3.8, 4) is 0 Å². The monoisotopic (exact) mass is 309 g/mol. The minimum Gasteiger partial charge on any atom is -0.399 e. The second kappa shape index (κ2) is 5.79. The van der Waals surface area contributed by atoms with Gasteiger partial charge >= 0.3 is 0 Å². The van der Waals surface area contributed by atoms with Crippen molar-refractivity contribution in [1.82, 2.24) is 9.29 Å². The topological polar surface area (TPSA) is 76.3 Å². The molecule has 0 fully saturated rings. The zero-order valence-electron chi connectivity index (χ0n) is 11.7. The minimum absolute atomic E-state index is 0.0681. The van der Waals surface area contributed by atoms with E-state index in [4.69, 9.17) is 5.73 Å². The van der Waals surface area contributed by atoms with Gasteiger partial charge in [0.25, 0.3) is 0 Å². The summed E-state index contributed by atoms with van der Waals surface area (Å²) in [6.07, 6.45) is 3.18. The Bertz CT molecular complexity index is 715. The number of benzene rings is 1. The minimum atomic E-state index is -3.84. The Kier molecular flexibility index (Phi) is 4.24. The van der Waals surface area contributed by atoms with Crippen LogP contribution in [0.5, 0.6) is 0 Å². The van der Waals surface area contributed by atoms with E-state index in [1.807, 2.05) is 0 Å². The number of halogens is 1. The summed E-state index contributed by atoms with van der Waals surface area (Å²) in [4.78, 5) is 3.73. The van der Waals surface area contributed by atoms with E-state index in [0.29, 0.717) is 0 Å². The predicted octanol–water partition coefficient (Wildman–Crippen LogP) is 2.18. The Morgan fingerprint density at radius 2 is 1.86 bits per heavy atom. The molecule has 1 heterocycles. The van der Waals surface area contributed by atoms with Crippen molar-refractivity contribution in [1.29, 1.82) is 0 Å². The van der Waals surface area contributed by atoms with Gasteiger partial charge in [-0.1, -0.05) is 0 Å². The molecule has 21 heavy (non-hydrogen) atoms. The summed E-state index contributed by atoms with van der Waals surface area (Å²) in [6, 6.07) is 6.33.